The third kappa shape index (κ3) is 13.9. The molecule has 8 nitrogen and oxygen atoms in total. The lowest BCUT2D eigenvalue weighted by Crippen LogP contribution is -2.40. The van der Waals surface area contributed by atoms with Crippen molar-refractivity contribution in [3.63, 3.8) is 0 Å². The Bertz CT molecular complexity index is 2130. The van der Waals surface area contributed by atoms with Crippen LogP contribution in [0.1, 0.15) is 139 Å². The first kappa shape index (κ1) is 48.9. The number of nitriles is 3. The van der Waals surface area contributed by atoms with Crippen molar-refractivity contribution in [1.82, 2.24) is 0 Å². The van der Waals surface area contributed by atoms with Crippen molar-refractivity contribution in [2.45, 2.75) is 136 Å². The average molecular weight is 842 g/mol. The van der Waals surface area contributed by atoms with E-state index in [4.69, 9.17) is 14.2 Å². The van der Waals surface area contributed by atoms with Crippen LogP contribution in [0.25, 0.3) is 22.3 Å². The number of carbonyl (C=O) groups is 2. The normalized spacial score (nSPS) is 14.8. The summed E-state index contributed by atoms with van der Waals surface area (Å²) >= 11 is 0. The minimum atomic E-state index is -1.23. The molecule has 0 heterocycles. The summed E-state index contributed by atoms with van der Waals surface area (Å²) < 4.78 is 33.7. The maximum absolute atomic E-state index is 16.1. The largest absolute Gasteiger partial charge is 0.492 e. The highest BCUT2D eigenvalue weighted by Gasteiger charge is 2.36. The maximum atomic E-state index is 16.1. The van der Waals surface area contributed by atoms with Crippen molar-refractivity contribution in [2.24, 2.45) is 11.3 Å². The predicted octanol–water partition coefficient (Wildman–Crippen LogP) is 12.8. The van der Waals surface area contributed by atoms with Gasteiger partial charge < -0.3 is 14.2 Å². The molecule has 1 fully saturated rings. The lowest BCUT2D eigenvalue weighted by atomic mass is 9.77. The Morgan fingerprint density at radius 3 is 1.92 bits per heavy atom. The van der Waals surface area contributed by atoms with Crippen molar-refractivity contribution in [3.05, 3.63) is 101 Å². The van der Waals surface area contributed by atoms with E-state index in [9.17, 15) is 25.4 Å². The molecule has 0 radical (unpaired) electrons. The first-order valence-corrected chi connectivity index (χ1v) is 22.4. The van der Waals surface area contributed by atoms with E-state index in [0.717, 1.165) is 57.7 Å². The zero-order valence-electron chi connectivity index (χ0n) is 37.4. The molecule has 4 rings (SSSR count). The van der Waals surface area contributed by atoms with Gasteiger partial charge in [-0.3, -0.25) is 0 Å². The molecule has 0 atom stereocenters. The van der Waals surface area contributed by atoms with Crippen LogP contribution in [-0.4, -0.2) is 31.8 Å². The van der Waals surface area contributed by atoms with Gasteiger partial charge >= 0.3 is 11.9 Å². The fourth-order valence-electron chi connectivity index (χ4n) is 8.34. The average Bonchev–Trinajstić information content (AvgIpc) is 3.27. The van der Waals surface area contributed by atoms with Crippen molar-refractivity contribution >= 4 is 11.9 Å². The zero-order valence-corrected chi connectivity index (χ0v) is 37.4. The van der Waals surface area contributed by atoms with Crippen LogP contribution in [0.2, 0.25) is 0 Å². The second kappa shape index (κ2) is 24.7. The molecule has 0 N–H and O–H groups in total. The second-order valence-corrected chi connectivity index (χ2v) is 17.2. The summed E-state index contributed by atoms with van der Waals surface area (Å²) in [5, 5.41) is 28.8. The summed E-state index contributed by atoms with van der Waals surface area (Å²) in [5.74, 6) is 0.192. The molecule has 0 unspecified atom stereocenters. The van der Waals surface area contributed by atoms with Gasteiger partial charge in [-0.2, -0.15) is 15.8 Å². The summed E-state index contributed by atoms with van der Waals surface area (Å²) in [7, 11) is 0. The van der Waals surface area contributed by atoms with Crippen LogP contribution in [0.5, 0.6) is 5.75 Å². The number of ether oxygens (including phenoxy) is 3. The first-order valence-electron chi connectivity index (χ1n) is 22.4. The van der Waals surface area contributed by atoms with Crippen molar-refractivity contribution in [1.29, 1.82) is 15.8 Å². The van der Waals surface area contributed by atoms with Crippen LogP contribution in [0.3, 0.4) is 0 Å². The lowest BCUT2D eigenvalue weighted by molar-refractivity contribution is -0.150. The summed E-state index contributed by atoms with van der Waals surface area (Å²) in [6, 6.07) is 22.6. The van der Waals surface area contributed by atoms with Gasteiger partial charge in [-0.25, -0.2) is 14.0 Å². The van der Waals surface area contributed by atoms with Crippen LogP contribution < -0.4 is 4.74 Å². The van der Waals surface area contributed by atoms with E-state index in [0.29, 0.717) is 62.2 Å². The molecule has 1 aliphatic carbocycles. The Labute approximate surface area is 369 Å². The Hall–Kier alpha value is -5.72. The smallest absolute Gasteiger partial charge is 0.333 e. The van der Waals surface area contributed by atoms with Crippen LogP contribution >= 0.6 is 0 Å². The van der Waals surface area contributed by atoms with Gasteiger partial charge in [0, 0.05) is 29.6 Å². The van der Waals surface area contributed by atoms with E-state index in [1.807, 2.05) is 24.3 Å². The van der Waals surface area contributed by atoms with Gasteiger partial charge in [0.15, 0.2) is 0 Å². The third-order valence-electron chi connectivity index (χ3n) is 12.1. The predicted molar refractivity (Wildman–Crippen MR) is 242 cm³/mol. The van der Waals surface area contributed by atoms with Crippen LogP contribution in [0.15, 0.2) is 72.8 Å². The summed E-state index contributed by atoms with van der Waals surface area (Å²) in [6.45, 7) is 14.0. The van der Waals surface area contributed by atoms with Gasteiger partial charge in [0.25, 0.3) is 0 Å². The summed E-state index contributed by atoms with van der Waals surface area (Å²) in [4.78, 5) is 25.0. The Morgan fingerprint density at radius 1 is 0.726 bits per heavy atom. The van der Waals surface area contributed by atoms with Crippen LogP contribution in [0, 0.1) is 51.1 Å². The van der Waals surface area contributed by atoms with Crippen molar-refractivity contribution in [3.8, 4) is 46.2 Å². The number of benzene rings is 3. The number of aryl methyl sites for hydroxylation is 3. The van der Waals surface area contributed by atoms with E-state index < -0.39 is 17.4 Å². The van der Waals surface area contributed by atoms with Crippen LogP contribution in [-0.2, 0) is 38.3 Å². The van der Waals surface area contributed by atoms with Gasteiger partial charge in [-0.15, -0.1) is 0 Å². The molecule has 1 aliphatic rings. The van der Waals surface area contributed by atoms with Gasteiger partial charge in [-0.05, 0) is 141 Å². The van der Waals surface area contributed by atoms with E-state index >= 15 is 4.39 Å². The highest BCUT2D eigenvalue weighted by Crippen LogP contribution is 2.41. The highest BCUT2D eigenvalue weighted by molar-refractivity contribution is 5.87. The molecule has 0 aliphatic heterocycles. The molecule has 3 aromatic carbocycles. The SMILES string of the molecule is C=C(C)C(=O)OCC(CC#N)(COC(=O)C(=C)C)COc1cc(CCCC#N)c(-c2ccc(-c3ccc(C4CCC(CCCCC)CC4)cc3F)c(CC)c2)cc1CCCC#N. The fraction of sp³-hybridized carbons (Fsp3) is 0.491. The maximum Gasteiger partial charge on any atom is 0.333 e. The van der Waals surface area contributed by atoms with E-state index in [1.54, 1.807) is 6.07 Å². The number of unbranched alkanes of at least 4 members (excludes halogenated alkanes) is 4. The van der Waals surface area contributed by atoms with E-state index in [1.165, 1.54) is 52.4 Å². The fourth-order valence-corrected chi connectivity index (χ4v) is 8.34. The monoisotopic (exact) mass is 841 g/mol. The van der Waals surface area contributed by atoms with Gasteiger partial charge in [0.2, 0.25) is 0 Å². The molecule has 62 heavy (non-hydrogen) atoms. The molecular weight excluding hydrogens is 778 g/mol. The van der Waals surface area contributed by atoms with E-state index in [2.05, 4.69) is 63.4 Å². The third-order valence-corrected chi connectivity index (χ3v) is 12.1. The number of hydrogen-bond donors (Lipinski definition) is 0. The Morgan fingerprint density at radius 2 is 1.35 bits per heavy atom. The van der Waals surface area contributed by atoms with Crippen molar-refractivity contribution < 1.29 is 28.2 Å². The minimum absolute atomic E-state index is 0.144. The molecule has 0 aromatic heterocycles. The number of hydrogen-bond acceptors (Lipinski definition) is 8. The Kier molecular flexibility index (Phi) is 19.5. The molecule has 0 bridgehead atoms. The minimum Gasteiger partial charge on any atom is -0.492 e. The number of rotatable bonds is 24. The van der Waals surface area contributed by atoms with Gasteiger partial charge in [-0.1, -0.05) is 83.0 Å². The number of nitrogens with zero attached hydrogens (tertiary/aromatic N) is 3. The first-order chi connectivity index (χ1) is 29.9. The molecule has 328 valence electrons. The van der Waals surface area contributed by atoms with Gasteiger partial charge in [0.1, 0.15) is 31.4 Å². The number of esters is 2. The molecule has 9 heteroatoms. The molecule has 0 saturated heterocycles. The molecular formula is C53H64FN3O5. The summed E-state index contributed by atoms with van der Waals surface area (Å²) in [6.07, 6.45) is 13.2. The van der Waals surface area contributed by atoms with Crippen LogP contribution in [0.4, 0.5) is 4.39 Å². The highest BCUT2D eigenvalue weighted by atomic mass is 19.1. The number of carbonyl (C=O) groups excluding carboxylic acids is 2. The molecule has 0 spiro atoms. The number of halogens is 1. The second-order valence-electron chi connectivity index (χ2n) is 17.2. The topological polar surface area (TPSA) is 133 Å². The summed E-state index contributed by atoms with van der Waals surface area (Å²) in [5.41, 5.74) is 6.29. The Balaban J connectivity index is 1.71. The standard InChI is InChI=1S/C53H64FN3O5/c1-7-9-10-15-39-18-20-41(21-19-39)42-22-25-47(49(54)32-42)46-24-23-44(30-40(46)8-2)48-31-45(17-12-14-28-56)50(33-43(48)16-11-13-27-55)60-34-53(26-29-57,35-61-51(58)37(3)4)36-62-52(59)38(5)6/h22-25,30-33,39,41H,3,5,7-21,26,34-36H2,1-2,4,6H3. The van der Waals surface area contributed by atoms with E-state index in [-0.39, 0.29) is 43.2 Å². The quantitative estimate of drug-likeness (QED) is 0.0494. The van der Waals surface area contributed by atoms with Crippen molar-refractivity contribution in [2.75, 3.05) is 19.8 Å². The van der Waals surface area contributed by atoms with Gasteiger partial charge in [0.05, 0.1) is 30.0 Å². The molecule has 3 aromatic rings. The molecule has 1 saturated carbocycles. The lowest BCUT2D eigenvalue weighted by Gasteiger charge is -2.31. The molecule has 0 amide bonds. The zero-order chi connectivity index (χ0) is 45.1.